The van der Waals surface area contributed by atoms with Gasteiger partial charge in [0.15, 0.2) is 10.9 Å². The molecule has 2 aliphatic heterocycles. The number of rotatable bonds is 12. The number of pyridine rings is 1. The smallest absolute Gasteiger partial charge is 0.330 e. The van der Waals surface area contributed by atoms with Gasteiger partial charge < -0.3 is 40.7 Å². The molecule has 0 spiro atoms. The number of hydrogen-bond donors (Lipinski definition) is 5. The Morgan fingerprint density at radius 1 is 0.984 bits per heavy atom. The van der Waals surface area contributed by atoms with Crippen LogP contribution in [0.2, 0.25) is 0 Å². The van der Waals surface area contributed by atoms with Gasteiger partial charge in [0, 0.05) is 47.2 Å². The number of hydrogen-bond acceptors (Lipinski definition) is 11. The predicted molar refractivity (Wildman–Crippen MR) is 235 cm³/mol. The number of carboxylic acid groups (broad SMARTS) is 1. The third kappa shape index (κ3) is 9.69. The van der Waals surface area contributed by atoms with Gasteiger partial charge in [-0.1, -0.05) is 44.3 Å². The number of nitrogens with one attached hydrogen (secondary N) is 4. The molecule has 2 aromatic heterocycles. The van der Waals surface area contributed by atoms with E-state index in [-0.39, 0.29) is 49.0 Å². The lowest BCUT2D eigenvalue weighted by atomic mass is 9.81. The Kier molecular flexibility index (Phi) is 13.0. The fraction of sp³-hybridized carbons (Fsp3) is 0.587. The zero-order valence-corrected chi connectivity index (χ0v) is 36.6. The number of ketones is 1. The third-order valence-electron chi connectivity index (χ3n) is 13.1. The standard InChI is InChI=1S/C46H59N7O8S/c1-26(2)47-45-50-36(25-62-45)35-22-38(32-19-18-30(60-3)20-34(32)48-35)61-31-21-37-41(55)52-46(43(57)58)23-29(46)14-10-5-4-6-11-15-33(42(56)53(37)24-31)49-44(59)51-39(40(54)28-16-17-28)27-12-8-7-9-13-27/h10,14,18-20,22,25-29,31,33,37,39H,4-9,11-13,15-17,21,23-24H2,1-3H3,(H,47,50)(H,52,55)(H,57,58)(H2,49,51,59)/t29?,31-,33+,37+,39+,46-/m1/s1. The maximum absolute atomic E-state index is 14.9. The summed E-state index contributed by atoms with van der Waals surface area (Å²) in [4.78, 5) is 80.6. The molecule has 5 N–H and O–H groups in total. The average molecular weight is 870 g/mol. The van der Waals surface area contributed by atoms with Crippen LogP contribution in [-0.2, 0) is 19.2 Å². The summed E-state index contributed by atoms with van der Waals surface area (Å²) in [6, 6.07) is 4.18. The van der Waals surface area contributed by atoms with Gasteiger partial charge in [-0.05, 0) is 83.3 Å². The van der Waals surface area contributed by atoms with Gasteiger partial charge in [-0.2, -0.15) is 0 Å². The number of anilines is 1. The monoisotopic (exact) mass is 869 g/mol. The molecule has 0 radical (unpaired) electrons. The lowest BCUT2D eigenvalue weighted by Gasteiger charge is -2.32. The number of thiazole rings is 1. The predicted octanol–water partition coefficient (Wildman–Crippen LogP) is 6.61. The molecule has 4 heterocycles. The first kappa shape index (κ1) is 43.4. The van der Waals surface area contributed by atoms with Gasteiger partial charge in [-0.25, -0.2) is 19.6 Å². The number of Topliss-reactive ketones (excluding diaryl/α,β-unsaturated/α-hetero) is 1. The van der Waals surface area contributed by atoms with Gasteiger partial charge in [0.25, 0.3) is 0 Å². The van der Waals surface area contributed by atoms with Crippen LogP contribution in [0.1, 0.15) is 104 Å². The number of benzene rings is 1. The Balaban J connectivity index is 1.09. The number of ether oxygens (including phenoxy) is 2. The number of methoxy groups -OCH3 is 1. The molecule has 3 aliphatic carbocycles. The van der Waals surface area contributed by atoms with Crippen LogP contribution in [0.5, 0.6) is 11.5 Å². The topological polar surface area (TPSA) is 201 Å². The molecule has 16 heteroatoms. The highest BCUT2D eigenvalue weighted by Gasteiger charge is 2.61. The molecule has 4 fully saturated rings. The van der Waals surface area contributed by atoms with Crippen LogP contribution in [-0.4, -0.2) is 99.0 Å². The molecule has 62 heavy (non-hydrogen) atoms. The lowest BCUT2D eigenvalue weighted by molar-refractivity contribution is -0.145. The summed E-state index contributed by atoms with van der Waals surface area (Å²) < 4.78 is 12.3. The van der Waals surface area contributed by atoms with Crippen LogP contribution in [0.25, 0.3) is 22.3 Å². The van der Waals surface area contributed by atoms with E-state index in [9.17, 15) is 29.1 Å². The minimum Gasteiger partial charge on any atom is -0.497 e. The zero-order chi connectivity index (χ0) is 43.5. The van der Waals surface area contributed by atoms with Gasteiger partial charge >= 0.3 is 12.0 Å². The van der Waals surface area contributed by atoms with Gasteiger partial charge in [-0.15, -0.1) is 11.3 Å². The zero-order valence-electron chi connectivity index (χ0n) is 35.8. The maximum atomic E-state index is 14.9. The number of carboxylic acids is 1. The molecule has 332 valence electrons. The number of carbonyl (C=O) groups excluding carboxylic acids is 4. The highest BCUT2D eigenvalue weighted by molar-refractivity contribution is 7.14. The van der Waals surface area contributed by atoms with Crippen LogP contribution in [0.4, 0.5) is 9.93 Å². The minimum atomic E-state index is -1.48. The lowest BCUT2D eigenvalue weighted by Crippen LogP contribution is -2.58. The second-order valence-electron chi connectivity index (χ2n) is 18.1. The van der Waals surface area contributed by atoms with Crippen molar-refractivity contribution < 1.29 is 38.6 Å². The van der Waals surface area contributed by atoms with E-state index in [2.05, 4.69) is 21.3 Å². The second-order valence-corrected chi connectivity index (χ2v) is 18.9. The van der Waals surface area contributed by atoms with Crippen LogP contribution in [0.3, 0.4) is 0 Å². The minimum absolute atomic E-state index is 0.000547. The molecule has 4 amide bonds. The highest BCUT2D eigenvalue weighted by Crippen LogP contribution is 2.46. The average Bonchev–Trinajstić information content (AvgIpc) is 4.14. The number of aliphatic carboxylic acids is 1. The second kappa shape index (κ2) is 18.6. The first-order valence-electron chi connectivity index (χ1n) is 22.4. The molecular formula is C46H59N7O8S. The summed E-state index contributed by atoms with van der Waals surface area (Å²) in [5.74, 6) is -1.39. The Morgan fingerprint density at radius 3 is 2.50 bits per heavy atom. The Hall–Kier alpha value is -5.25. The molecule has 6 atom stereocenters. The van der Waals surface area contributed by atoms with Crippen molar-refractivity contribution in [1.82, 2.24) is 30.8 Å². The van der Waals surface area contributed by atoms with Crippen molar-refractivity contribution in [3.05, 3.63) is 41.8 Å². The number of aromatic nitrogens is 2. The number of amides is 4. The van der Waals surface area contributed by atoms with Gasteiger partial charge in [0.05, 0.1) is 30.9 Å². The molecule has 1 saturated heterocycles. The summed E-state index contributed by atoms with van der Waals surface area (Å²) in [6.45, 7) is 4.07. The van der Waals surface area contributed by atoms with Gasteiger partial charge in [0.1, 0.15) is 40.9 Å². The van der Waals surface area contributed by atoms with Crippen LogP contribution >= 0.6 is 11.3 Å². The summed E-state index contributed by atoms with van der Waals surface area (Å²) in [5.41, 5.74) is 0.328. The number of allylic oxidation sites excluding steroid dienone is 1. The van der Waals surface area contributed by atoms with Crippen molar-refractivity contribution in [1.29, 1.82) is 0 Å². The van der Waals surface area contributed by atoms with Gasteiger partial charge in [-0.3, -0.25) is 14.4 Å². The molecule has 3 aromatic rings. The first-order chi connectivity index (χ1) is 29.9. The van der Waals surface area contributed by atoms with E-state index < -0.39 is 53.6 Å². The van der Waals surface area contributed by atoms with Crippen molar-refractivity contribution in [3.8, 4) is 22.9 Å². The van der Waals surface area contributed by atoms with E-state index in [1.807, 2.05) is 55.6 Å². The SMILES string of the molecule is COc1ccc2c(O[C@@H]3C[C@H]4C(=O)N[C@]5(C(=O)O)CC5C=CCCCCC[C@H](NC(=O)N[C@H](C(=O)C5CC5)C5CCCCC5)C(=O)N4C3)cc(-c3csc(NC(C)C)n3)nc2c1. The molecular weight excluding hydrogens is 811 g/mol. The van der Waals surface area contributed by atoms with E-state index in [0.717, 1.165) is 69.3 Å². The van der Waals surface area contributed by atoms with Crippen LogP contribution in [0, 0.1) is 17.8 Å². The molecule has 15 nitrogen and oxygen atoms in total. The molecule has 5 aliphatic rings. The fourth-order valence-electron chi connectivity index (χ4n) is 9.41. The molecule has 8 rings (SSSR count). The molecule has 3 saturated carbocycles. The van der Waals surface area contributed by atoms with E-state index in [0.29, 0.717) is 46.6 Å². The Labute approximate surface area is 366 Å². The quantitative estimate of drug-likeness (QED) is 0.123. The van der Waals surface area contributed by atoms with Crippen molar-refractivity contribution in [2.75, 3.05) is 19.0 Å². The summed E-state index contributed by atoms with van der Waals surface area (Å²) in [6.07, 6.45) is 13.3. The van der Waals surface area contributed by atoms with E-state index >= 15 is 0 Å². The fourth-order valence-corrected chi connectivity index (χ4v) is 10.3. The largest absolute Gasteiger partial charge is 0.497 e. The number of carbonyl (C=O) groups is 5. The van der Waals surface area contributed by atoms with E-state index in [1.165, 1.54) is 16.2 Å². The Bertz CT molecular complexity index is 2200. The van der Waals surface area contributed by atoms with Crippen molar-refractivity contribution in [2.45, 2.75) is 140 Å². The summed E-state index contributed by atoms with van der Waals surface area (Å²) >= 11 is 1.46. The molecule has 1 aromatic carbocycles. The highest BCUT2D eigenvalue weighted by atomic mass is 32.1. The van der Waals surface area contributed by atoms with Crippen LogP contribution in [0.15, 0.2) is 41.8 Å². The van der Waals surface area contributed by atoms with E-state index in [1.54, 1.807) is 7.11 Å². The van der Waals surface area contributed by atoms with Crippen molar-refractivity contribution >= 4 is 57.0 Å². The van der Waals surface area contributed by atoms with Crippen molar-refractivity contribution in [3.63, 3.8) is 0 Å². The number of fused-ring (bicyclic) bond motifs is 3. The summed E-state index contributed by atoms with van der Waals surface area (Å²) in [5, 5.41) is 25.9. The van der Waals surface area contributed by atoms with E-state index in [4.69, 9.17) is 19.4 Å². The van der Waals surface area contributed by atoms with Crippen molar-refractivity contribution in [2.24, 2.45) is 17.8 Å². The number of urea groups is 1. The molecule has 1 unspecified atom stereocenters. The molecule has 0 bridgehead atoms. The van der Waals surface area contributed by atoms with Crippen LogP contribution < -0.4 is 30.7 Å². The Morgan fingerprint density at radius 2 is 1.76 bits per heavy atom. The third-order valence-corrected chi connectivity index (χ3v) is 13.8. The number of nitrogens with zero attached hydrogens (tertiary/aromatic N) is 3. The maximum Gasteiger partial charge on any atom is 0.330 e. The first-order valence-corrected chi connectivity index (χ1v) is 23.3. The summed E-state index contributed by atoms with van der Waals surface area (Å²) in [7, 11) is 1.58. The normalized spacial score (nSPS) is 26.4. The van der Waals surface area contributed by atoms with Gasteiger partial charge in [0.2, 0.25) is 11.8 Å².